The van der Waals surface area contributed by atoms with Crippen molar-refractivity contribution in [2.24, 2.45) is 0 Å². The predicted molar refractivity (Wildman–Crippen MR) is 72.4 cm³/mol. The third kappa shape index (κ3) is 4.32. The number of hydrogen-bond donors (Lipinski definition) is 1. The van der Waals surface area contributed by atoms with Gasteiger partial charge in [-0.1, -0.05) is 11.6 Å². The van der Waals surface area contributed by atoms with Gasteiger partial charge in [-0.2, -0.15) is 0 Å². The van der Waals surface area contributed by atoms with E-state index in [1.54, 1.807) is 6.92 Å². The molecular weight excluding hydrogens is 326 g/mol. The summed E-state index contributed by atoms with van der Waals surface area (Å²) in [7, 11) is -3.49. The summed E-state index contributed by atoms with van der Waals surface area (Å²) in [6.07, 6.45) is 0.491. The summed E-state index contributed by atoms with van der Waals surface area (Å²) in [4.78, 5) is 0.179. The molecule has 0 saturated carbocycles. The molecule has 92 valence electrons. The van der Waals surface area contributed by atoms with Gasteiger partial charge in [0.05, 0.1) is 9.92 Å². The molecule has 0 aliphatic heterocycles. The first kappa shape index (κ1) is 14.5. The Bertz CT molecular complexity index is 561. The van der Waals surface area contributed by atoms with Gasteiger partial charge in [0.25, 0.3) is 0 Å². The van der Waals surface area contributed by atoms with Crippen LogP contribution in [-0.4, -0.2) is 15.0 Å². The van der Waals surface area contributed by atoms with E-state index in [1.165, 1.54) is 18.2 Å². The Kier molecular flexibility index (Phi) is 5.47. The van der Waals surface area contributed by atoms with E-state index in [-0.39, 0.29) is 4.90 Å². The fraction of sp³-hybridized carbons (Fsp3) is 0.273. The van der Waals surface area contributed by atoms with E-state index < -0.39 is 10.0 Å². The molecule has 1 aromatic rings. The highest BCUT2D eigenvalue weighted by Gasteiger charge is 2.14. The van der Waals surface area contributed by atoms with E-state index in [0.717, 1.165) is 0 Å². The Morgan fingerprint density at radius 1 is 1.47 bits per heavy atom. The van der Waals surface area contributed by atoms with Gasteiger partial charge >= 0.3 is 0 Å². The summed E-state index contributed by atoms with van der Waals surface area (Å²) in [5.41, 5.74) is 0. The molecule has 0 unspecified atom stereocenters. The molecule has 0 aromatic heterocycles. The van der Waals surface area contributed by atoms with E-state index in [2.05, 4.69) is 32.5 Å². The molecule has 0 aliphatic carbocycles. The maximum atomic E-state index is 11.8. The van der Waals surface area contributed by atoms with Gasteiger partial charge in [0.15, 0.2) is 0 Å². The molecule has 0 atom stereocenters. The van der Waals surface area contributed by atoms with Crippen molar-refractivity contribution in [2.45, 2.75) is 18.2 Å². The molecule has 0 spiro atoms. The molecule has 3 nitrogen and oxygen atoms in total. The lowest BCUT2D eigenvalue weighted by molar-refractivity contribution is 0.582. The number of sulfonamides is 1. The number of nitrogens with one attached hydrogen (secondary N) is 1. The Hall–Kier alpha value is -0.540. The first-order valence-corrected chi connectivity index (χ1v) is 7.47. The average molecular weight is 337 g/mol. The van der Waals surface area contributed by atoms with Gasteiger partial charge in [0.2, 0.25) is 10.0 Å². The van der Waals surface area contributed by atoms with Gasteiger partial charge in [0, 0.05) is 17.4 Å². The van der Waals surface area contributed by atoms with Crippen LogP contribution in [0.2, 0.25) is 5.02 Å². The minimum atomic E-state index is -3.49. The maximum Gasteiger partial charge on any atom is 0.240 e. The van der Waals surface area contributed by atoms with Crippen LogP contribution in [0.3, 0.4) is 0 Å². The van der Waals surface area contributed by atoms with Crippen molar-refractivity contribution < 1.29 is 8.42 Å². The third-order valence-electron chi connectivity index (χ3n) is 1.92. The Morgan fingerprint density at radius 2 is 2.18 bits per heavy atom. The fourth-order valence-corrected chi connectivity index (χ4v) is 2.81. The van der Waals surface area contributed by atoms with Crippen LogP contribution in [0.5, 0.6) is 0 Å². The number of hydrogen-bond acceptors (Lipinski definition) is 2. The van der Waals surface area contributed by atoms with Crippen LogP contribution in [0.25, 0.3) is 0 Å². The molecule has 17 heavy (non-hydrogen) atoms. The lowest BCUT2D eigenvalue weighted by Gasteiger charge is -2.06. The van der Waals surface area contributed by atoms with E-state index >= 15 is 0 Å². The molecule has 0 amide bonds. The van der Waals surface area contributed by atoms with Gasteiger partial charge in [-0.15, -0.1) is 11.8 Å². The van der Waals surface area contributed by atoms with Gasteiger partial charge in [-0.05, 0) is 41.1 Å². The highest BCUT2D eigenvalue weighted by atomic mass is 79.9. The monoisotopic (exact) mass is 335 g/mol. The largest absolute Gasteiger partial charge is 0.240 e. The summed E-state index contributed by atoms with van der Waals surface area (Å²) in [5, 5.41) is 0.473. The highest BCUT2D eigenvalue weighted by molar-refractivity contribution is 9.10. The smallest absolute Gasteiger partial charge is 0.210 e. The first-order chi connectivity index (χ1) is 7.97. The van der Waals surface area contributed by atoms with Crippen LogP contribution in [0, 0.1) is 11.8 Å². The molecule has 1 aromatic carbocycles. The molecule has 0 fully saturated rings. The van der Waals surface area contributed by atoms with Crippen molar-refractivity contribution >= 4 is 37.6 Å². The lowest BCUT2D eigenvalue weighted by Crippen LogP contribution is -2.24. The van der Waals surface area contributed by atoms with Crippen molar-refractivity contribution in [3.63, 3.8) is 0 Å². The van der Waals surface area contributed by atoms with Crippen LogP contribution in [0.15, 0.2) is 27.6 Å². The second kappa shape index (κ2) is 6.41. The van der Waals surface area contributed by atoms with Crippen molar-refractivity contribution in [3.05, 3.63) is 27.7 Å². The maximum absolute atomic E-state index is 11.8. The minimum absolute atomic E-state index is 0.179. The number of benzene rings is 1. The van der Waals surface area contributed by atoms with Crippen molar-refractivity contribution in [2.75, 3.05) is 6.54 Å². The Morgan fingerprint density at radius 3 is 2.76 bits per heavy atom. The SMILES string of the molecule is CC#CCCNS(=O)(=O)c1ccc(Cl)c(Br)c1. The minimum Gasteiger partial charge on any atom is -0.210 e. The molecule has 0 radical (unpaired) electrons. The van der Waals surface area contributed by atoms with Crippen LogP contribution in [0.1, 0.15) is 13.3 Å². The predicted octanol–water partition coefficient (Wildman–Crippen LogP) is 2.79. The van der Waals surface area contributed by atoms with Gasteiger partial charge < -0.3 is 0 Å². The topological polar surface area (TPSA) is 46.2 Å². The van der Waals surface area contributed by atoms with Crippen LogP contribution in [-0.2, 0) is 10.0 Å². The van der Waals surface area contributed by atoms with Crippen LogP contribution >= 0.6 is 27.5 Å². The molecule has 6 heteroatoms. The fourth-order valence-electron chi connectivity index (χ4n) is 1.10. The summed E-state index contributed by atoms with van der Waals surface area (Å²) in [6, 6.07) is 4.46. The van der Waals surface area contributed by atoms with E-state index in [9.17, 15) is 8.42 Å². The quantitative estimate of drug-likeness (QED) is 0.679. The van der Waals surface area contributed by atoms with Crippen molar-refractivity contribution in [1.82, 2.24) is 4.72 Å². The van der Waals surface area contributed by atoms with Gasteiger partial charge in [-0.25, -0.2) is 13.1 Å². The second-order valence-corrected chi connectivity index (χ2v) is 6.18. The zero-order valence-corrected chi connectivity index (χ0v) is 12.3. The second-order valence-electron chi connectivity index (χ2n) is 3.15. The van der Waals surface area contributed by atoms with Gasteiger partial charge in [0.1, 0.15) is 0 Å². The Balaban J connectivity index is 2.81. The zero-order chi connectivity index (χ0) is 12.9. The highest BCUT2D eigenvalue weighted by Crippen LogP contribution is 2.25. The third-order valence-corrected chi connectivity index (χ3v) is 4.59. The molecule has 0 bridgehead atoms. The van der Waals surface area contributed by atoms with Crippen molar-refractivity contribution in [1.29, 1.82) is 0 Å². The van der Waals surface area contributed by atoms with E-state index in [4.69, 9.17) is 11.6 Å². The number of rotatable bonds is 4. The standard InChI is InChI=1S/C11H11BrClNO2S/c1-2-3-4-7-14-17(15,16)9-5-6-11(13)10(12)8-9/h5-6,8,14H,4,7H2,1H3. The summed E-state index contributed by atoms with van der Waals surface area (Å²) >= 11 is 8.98. The summed E-state index contributed by atoms with van der Waals surface area (Å²) < 4.78 is 26.7. The normalized spacial score (nSPS) is 10.8. The van der Waals surface area contributed by atoms with Crippen LogP contribution < -0.4 is 4.72 Å². The molecule has 1 rings (SSSR count). The summed E-state index contributed by atoms with van der Waals surface area (Å²) in [5.74, 6) is 5.49. The van der Waals surface area contributed by atoms with E-state index in [0.29, 0.717) is 22.5 Å². The van der Waals surface area contributed by atoms with Crippen molar-refractivity contribution in [3.8, 4) is 11.8 Å². The zero-order valence-electron chi connectivity index (χ0n) is 9.13. The molecule has 0 saturated heterocycles. The van der Waals surface area contributed by atoms with Gasteiger partial charge in [-0.3, -0.25) is 0 Å². The summed E-state index contributed by atoms with van der Waals surface area (Å²) in [6.45, 7) is 2.01. The Labute approximate surface area is 115 Å². The first-order valence-electron chi connectivity index (χ1n) is 4.81. The lowest BCUT2D eigenvalue weighted by atomic mass is 10.4. The van der Waals surface area contributed by atoms with E-state index in [1.807, 2.05) is 0 Å². The molecular formula is C11H11BrClNO2S. The number of halogens is 2. The molecule has 0 heterocycles. The average Bonchev–Trinajstić information content (AvgIpc) is 2.28. The molecule has 0 aliphatic rings. The molecule has 1 N–H and O–H groups in total. The van der Waals surface area contributed by atoms with Crippen LogP contribution in [0.4, 0.5) is 0 Å².